The largest absolute Gasteiger partial charge is 0.476 e. The van der Waals surface area contributed by atoms with E-state index in [4.69, 9.17) is 0 Å². The summed E-state index contributed by atoms with van der Waals surface area (Å²) >= 11 is 0. The van der Waals surface area contributed by atoms with Crippen LogP contribution in [0.5, 0.6) is 0 Å². The summed E-state index contributed by atoms with van der Waals surface area (Å²) in [6.45, 7) is 0. The van der Waals surface area contributed by atoms with Crippen LogP contribution in [0.3, 0.4) is 0 Å². The second kappa shape index (κ2) is 7.45. The fraction of sp³-hybridized carbons (Fsp3) is 0. The van der Waals surface area contributed by atoms with Gasteiger partial charge in [-0.3, -0.25) is 4.79 Å². The molecule has 0 amide bonds. The van der Waals surface area contributed by atoms with Crippen LogP contribution in [0.2, 0.25) is 0 Å². The molecule has 1 aromatic heterocycles. The van der Waals surface area contributed by atoms with Crippen LogP contribution in [0.15, 0.2) is 59.4 Å². The molecule has 0 aliphatic rings. The van der Waals surface area contributed by atoms with Gasteiger partial charge in [0, 0.05) is 5.56 Å². The Morgan fingerprint density at radius 2 is 1.78 bits per heavy atom. The summed E-state index contributed by atoms with van der Waals surface area (Å²) in [4.78, 5) is 24.3. The van der Waals surface area contributed by atoms with Gasteiger partial charge in [-0.25, -0.2) is 9.18 Å². The maximum absolute atomic E-state index is 13.1. The normalized spacial score (nSPS) is 10.7. The highest BCUT2D eigenvalue weighted by atomic mass is 19.1. The van der Waals surface area contributed by atoms with E-state index in [0.717, 1.165) is 22.4 Å². The molecule has 1 heterocycles. The smallest absolute Gasteiger partial charge is 0.357 e. The van der Waals surface area contributed by atoms with E-state index in [1.165, 1.54) is 18.2 Å². The van der Waals surface area contributed by atoms with E-state index in [1.807, 2.05) is 6.07 Å². The van der Waals surface area contributed by atoms with E-state index in [-0.39, 0.29) is 16.8 Å². The van der Waals surface area contributed by atoms with Crippen molar-refractivity contribution in [3.8, 4) is 11.8 Å². The van der Waals surface area contributed by atoms with Crippen molar-refractivity contribution in [3.63, 3.8) is 0 Å². The summed E-state index contributed by atoms with van der Waals surface area (Å²) in [5, 5.41) is 22.8. The third-order valence-electron chi connectivity index (χ3n) is 3.76. The van der Waals surface area contributed by atoms with Gasteiger partial charge in [-0.1, -0.05) is 42.5 Å². The predicted octanol–water partition coefficient (Wildman–Crippen LogP) is 3.11. The first-order valence-corrected chi connectivity index (χ1v) is 7.81. The zero-order chi connectivity index (χ0) is 19.4. The summed E-state index contributed by atoms with van der Waals surface area (Å²) in [5.74, 6) is -1.91. The van der Waals surface area contributed by atoms with Crippen molar-refractivity contribution in [2.75, 3.05) is 0 Å². The lowest BCUT2D eigenvalue weighted by atomic mass is 10.1. The molecule has 27 heavy (non-hydrogen) atoms. The molecule has 0 aliphatic carbocycles. The van der Waals surface area contributed by atoms with Gasteiger partial charge < -0.3 is 5.11 Å². The van der Waals surface area contributed by atoms with Crippen LogP contribution in [0, 0.1) is 17.1 Å². The highest BCUT2D eigenvalue weighted by molar-refractivity contribution is 5.92. The number of carboxylic acid groups (broad SMARTS) is 1. The van der Waals surface area contributed by atoms with Crippen molar-refractivity contribution in [1.29, 1.82) is 5.26 Å². The summed E-state index contributed by atoms with van der Waals surface area (Å²) in [7, 11) is 0. The standard InChI is InChI=1S/C20H12FN3O3/c21-14-7-9-15(10-8-14)24-19(25)17(12-22)16(18(23-24)20(26)27)11-6-13-4-2-1-3-5-13/h1-11H,(H,26,27)/b11-6+. The average Bonchev–Trinajstić information content (AvgIpc) is 2.67. The number of carbonyl (C=O) groups is 1. The second-order valence-electron chi connectivity index (χ2n) is 5.49. The molecule has 0 unspecified atom stereocenters. The average molecular weight is 361 g/mol. The molecule has 0 saturated carbocycles. The van der Waals surface area contributed by atoms with Gasteiger partial charge in [0.25, 0.3) is 5.56 Å². The Labute approximate surface area is 153 Å². The van der Waals surface area contributed by atoms with Gasteiger partial charge in [-0.15, -0.1) is 0 Å². The number of nitriles is 1. The number of hydrogen-bond donors (Lipinski definition) is 1. The molecule has 6 nitrogen and oxygen atoms in total. The maximum Gasteiger partial charge on any atom is 0.357 e. The fourth-order valence-electron chi connectivity index (χ4n) is 2.47. The van der Waals surface area contributed by atoms with E-state index in [0.29, 0.717) is 0 Å². The zero-order valence-electron chi connectivity index (χ0n) is 13.8. The molecule has 0 atom stereocenters. The Hall–Kier alpha value is -4.05. The molecular formula is C20H12FN3O3. The van der Waals surface area contributed by atoms with Crippen molar-refractivity contribution in [3.05, 3.63) is 93.2 Å². The monoisotopic (exact) mass is 361 g/mol. The SMILES string of the molecule is N#Cc1c(/C=C/c2ccccc2)c(C(=O)O)nn(-c2ccc(F)cc2)c1=O. The molecule has 1 N–H and O–H groups in total. The Kier molecular flexibility index (Phi) is 4.90. The van der Waals surface area contributed by atoms with Crippen molar-refractivity contribution in [1.82, 2.24) is 9.78 Å². The molecule has 0 aliphatic heterocycles. The number of halogens is 1. The van der Waals surface area contributed by atoms with E-state index in [9.17, 15) is 24.3 Å². The first-order valence-electron chi connectivity index (χ1n) is 7.81. The summed E-state index contributed by atoms with van der Waals surface area (Å²) in [5.41, 5.74) is -0.778. The van der Waals surface area contributed by atoms with Crippen LogP contribution in [0.25, 0.3) is 17.8 Å². The van der Waals surface area contributed by atoms with Gasteiger partial charge in [-0.05, 0) is 29.8 Å². The maximum atomic E-state index is 13.1. The molecule has 3 aromatic rings. The van der Waals surface area contributed by atoms with Gasteiger partial charge in [0.1, 0.15) is 17.4 Å². The van der Waals surface area contributed by atoms with Gasteiger partial charge >= 0.3 is 5.97 Å². The van der Waals surface area contributed by atoms with E-state index < -0.39 is 23.0 Å². The van der Waals surface area contributed by atoms with Crippen LogP contribution in [0.4, 0.5) is 4.39 Å². The summed E-state index contributed by atoms with van der Waals surface area (Å²) in [6.07, 6.45) is 2.96. The van der Waals surface area contributed by atoms with Crippen molar-refractivity contribution in [2.24, 2.45) is 0 Å². The second-order valence-corrected chi connectivity index (χ2v) is 5.49. The molecule has 3 rings (SSSR count). The number of rotatable bonds is 4. The molecule has 0 fully saturated rings. The Morgan fingerprint density at radius 1 is 1.11 bits per heavy atom. The van der Waals surface area contributed by atoms with Gasteiger partial charge in [-0.2, -0.15) is 15.0 Å². The number of nitrogens with zero attached hydrogens (tertiary/aromatic N) is 3. The first-order chi connectivity index (χ1) is 13.0. The summed E-state index contributed by atoms with van der Waals surface area (Å²) in [6, 6.07) is 15.5. The minimum atomic E-state index is -1.39. The van der Waals surface area contributed by atoms with Crippen LogP contribution in [0.1, 0.15) is 27.2 Å². The molecular weight excluding hydrogens is 349 g/mol. The van der Waals surface area contributed by atoms with E-state index >= 15 is 0 Å². The van der Waals surface area contributed by atoms with Crippen LogP contribution in [-0.2, 0) is 0 Å². The molecule has 0 bridgehead atoms. The van der Waals surface area contributed by atoms with E-state index in [2.05, 4.69) is 5.10 Å². The van der Waals surface area contributed by atoms with Crippen molar-refractivity contribution >= 4 is 18.1 Å². The number of carboxylic acids is 1. The molecule has 2 aromatic carbocycles. The Balaban J connectivity index is 2.22. The lowest BCUT2D eigenvalue weighted by molar-refractivity contribution is 0.0688. The minimum absolute atomic E-state index is 0.0859. The number of benzene rings is 2. The Morgan fingerprint density at radius 3 is 2.37 bits per heavy atom. The van der Waals surface area contributed by atoms with Crippen LogP contribution in [-0.4, -0.2) is 20.9 Å². The first kappa shape index (κ1) is 17.8. The van der Waals surface area contributed by atoms with Crippen LogP contribution < -0.4 is 5.56 Å². The minimum Gasteiger partial charge on any atom is -0.476 e. The molecule has 0 saturated heterocycles. The number of aromatic carboxylic acids is 1. The van der Waals surface area contributed by atoms with E-state index in [1.54, 1.807) is 36.4 Å². The molecule has 7 heteroatoms. The van der Waals surface area contributed by atoms with Crippen LogP contribution >= 0.6 is 0 Å². The lowest BCUT2D eigenvalue weighted by Crippen LogP contribution is -2.28. The highest BCUT2D eigenvalue weighted by Gasteiger charge is 2.21. The number of hydrogen-bond acceptors (Lipinski definition) is 4. The number of aromatic nitrogens is 2. The lowest BCUT2D eigenvalue weighted by Gasteiger charge is -2.09. The van der Waals surface area contributed by atoms with Gasteiger partial charge in [0.05, 0.1) is 5.69 Å². The van der Waals surface area contributed by atoms with Crippen molar-refractivity contribution in [2.45, 2.75) is 0 Å². The fourth-order valence-corrected chi connectivity index (χ4v) is 2.47. The highest BCUT2D eigenvalue weighted by Crippen LogP contribution is 2.16. The Bertz CT molecular complexity index is 1130. The summed E-state index contributed by atoms with van der Waals surface area (Å²) < 4.78 is 13.9. The van der Waals surface area contributed by atoms with Gasteiger partial charge in [0.15, 0.2) is 5.69 Å². The molecule has 0 spiro atoms. The van der Waals surface area contributed by atoms with Crippen molar-refractivity contribution < 1.29 is 14.3 Å². The molecule has 0 radical (unpaired) electrons. The van der Waals surface area contributed by atoms with Gasteiger partial charge in [0.2, 0.25) is 0 Å². The molecule has 132 valence electrons. The topological polar surface area (TPSA) is 96.0 Å². The third-order valence-corrected chi connectivity index (χ3v) is 3.76. The third kappa shape index (κ3) is 3.65. The zero-order valence-corrected chi connectivity index (χ0v) is 13.8. The predicted molar refractivity (Wildman–Crippen MR) is 96.8 cm³/mol. The quantitative estimate of drug-likeness (QED) is 0.770.